The highest BCUT2D eigenvalue weighted by atomic mass is 16.5. The first-order valence-electron chi connectivity index (χ1n) is 17.9. The zero-order chi connectivity index (χ0) is 34.3. The molecule has 1 spiro atoms. The van der Waals surface area contributed by atoms with Gasteiger partial charge in [-0.3, -0.25) is 0 Å². The van der Waals surface area contributed by atoms with Gasteiger partial charge in [0, 0.05) is 22.3 Å². The van der Waals surface area contributed by atoms with Crippen molar-refractivity contribution in [1.29, 1.82) is 0 Å². The Hall–Kier alpha value is -6.64. The smallest absolute Gasteiger partial charge is 0.132 e. The van der Waals surface area contributed by atoms with E-state index in [0.29, 0.717) is 0 Å². The van der Waals surface area contributed by atoms with Crippen LogP contribution in [0.15, 0.2) is 194 Å². The van der Waals surface area contributed by atoms with Gasteiger partial charge in [-0.1, -0.05) is 158 Å². The first kappa shape index (κ1) is 29.1. The molecule has 0 N–H and O–H groups in total. The number of para-hydroxylation sites is 3. The minimum Gasteiger partial charge on any atom is -0.457 e. The highest BCUT2D eigenvalue weighted by Crippen LogP contribution is 2.62. The molecule has 11 rings (SSSR count). The summed E-state index contributed by atoms with van der Waals surface area (Å²) in [5.74, 6) is 3.54. The van der Waals surface area contributed by atoms with Gasteiger partial charge in [0.15, 0.2) is 0 Å². The SMILES string of the molecule is c1ccc(C2(c3cccc(-c4ccc5c(c4)C4(c6ccccc6O5)c5ccccc5-c5ccccc54)c3)c3ccccc3Oc3ccccc32)cc1. The summed E-state index contributed by atoms with van der Waals surface area (Å²) in [6, 6.07) is 70.0. The molecule has 244 valence electrons. The van der Waals surface area contributed by atoms with Gasteiger partial charge in [-0.25, -0.2) is 0 Å². The van der Waals surface area contributed by atoms with Gasteiger partial charge in [0.1, 0.15) is 23.0 Å². The van der Waals surface area contributed by atoms with E-state index >= 15 is 0 Å². The molecule has 8 aromatic rings. The fourth-order valence-electron chi connectivity index (χ4n) is 9.44. The Bertz CT molecular complexity index is 2610. The molecule has 0 radical (unpaired) electrons. The first-order chi connectivity index (χ1) is 25.8. The van der Waals surface area contributed by atoms with E-state index in [-0.39, 0.29) is 0 Å². The van der Waals surface area contributed by atoms with E-state index < -0.39 is 10.8 Å². The summed E-state index contributed by atoms with van der Waals surface area (Å²) in [7, 11) is 0. The predicted octanol–water partition coefficient (Wildman–Crippen LogP) is 12.3. The lowest BCUT2D eigenvalue weighted by atomic mass is 9.63. The minimum absolute atomic E-state index is 0.519. The lowest BCUT2D eigenvalue weighted by molar-refractivity contribution is 0.434. The van der Waals surface area contributed by atoms with Gasteiger partial charge < -0.3 is 9.47 Å². The van der Waals surface area contributed by atoms with Crippen LogP contribution in [0.2, 0.25) is 0 Å². The van der Waals surface area contributed by atoms with Crippen LogP contribution in [-0.4, -0.2) is 0 Å². The third-order valence-corrected chi connectivity index (χ3v) is 11.5. The maximum atomic E-state index is 6.74. The Morgan fingerprint density at radius 1 is 0.269 bits per heavy atom. The predicted molar refractivity (Wildman–Crippen MR) is 208 cm³/mol. The van der Waals surface area contributed by atoms with Crippen LogP contribution in [0.3, 0.4) is 0 Å². The quantitative estimate of drug-likeness (QED) is 0.187. The number of hydrogen-bond donors (Lipinski definition) is 0. The maximum Gasteiger partial charge on any atom is 0.132 e. The van der Waals surface area contributed by atoms with Crippen molar-refractivity contribution in [3.8, 4) is 45.3 Å². The zero-order valence-corrected chi connectivity index (χ0v) is 28.3. The van der Waals surface area contributed by atoms with Crippen molar-refractivity contribution in [1.82, 2.24) is 0 Å². The summed E-state index contributed by atoms with van der Waals surface area (Å²) >= 11 is 0. The van der Waals surface area contributed by atoms with Crippen LogP contribution in [0.25, 0.3) is 22.3 Å². The van der Waals surface area contributed by atoms with E-state index in [0.717, 1.165) is 50.8 Å². The van der Waals surface area contributed by atoms with Crippen molar-refractivity contribution >= 4 is 0 Å². The summed E-state index contributed by atoms with van der Waals surface area (Å²) in [6.07, 6.45) is 0. The van der Waals surface area contributed by atoms with Crippen molar-refractivity contribution in [2.24, 2.45) is 0 Å². The Labute approximate surface area is 303 Å². The van der Waals surface area contributed by atoms with E-state index in [1.165, 1.54) is 38.9 Å². The van der Waals surface area contributed by atoms with E-state index in [9.17, 15) is 0 Å². The maximum absolute atomic E-state index is 6.74. The lowest BCUT2D eigenvalue weighted by Crippen LogP contribution is -2.34. The van der Waals surface area contributed by atoms with Crippen molar-refractivity contribution in [3.63, 3.8) is 0 Å². The van der Waals surface area contributed by atoms with E-state index in [4.69, 9.17) is 9.47 Å². The van der Waals surface area contributed by atoms with Crippen LogP contribution in [0.4, 0.5) is 0 Å². The van der Waals surface area contributed by atoms with E-state index in [2.05, 4.69) is 194 Å². The van der Waals surface area contributed by atoms with Gasteiger partial charge >= 0.3 is 0 Å². The molecule has 3 aliphatic rings. The third-order valence-electron chi connectivity index (χ3n) is 11.5. The van der Waals surface area contributed by atoms with Crippen molar-refractivity contribution in [2.75, 3.05) is 0 Å². The molecule has 0 unspecified atom stereocenters. The first-order valence-corrected chi connectivity index (χ1v) is 17.9. The number of hydrogen-bond acceptors (Lipinski definition) is 2. The molecule has 2 nitrogen and oxygen atoms in total. The van der Waals surface area contributed by atoms with Crippen molar-refractivity contribution in [3.05, 3.63) is 239 Å². The van der Waals surface area contributed by atoms with Crippen LogP contribution in [0.5, 0.6) is 23.0 Å². The number of fused-ring (bicyclic) bond motifs is 11. The number of ether oxygens (including phenoxy) is 2. The average molecular weight is 665 g/mol. The minimum atomic E-state index is -0.594. The van der Waals surface area contributed by atoms with Crippen molar-refractivity contribution in [2.45, 2.75) is 10.8 Å². The highest BCUT2D eigenvalue weighted by Gasteiger charge is 2.51. The molecule has 2 heterocycles. The molecule has 0 aromatic heterocycles. The topological polar surface area (TPSA) is 18.5 Å². The fraction of sp³-hybridized carbons (Fsp3) is 0.0400. The van der Waals surface area contributed by atoms with Gasteiger partial charge in [0.2, 0.25) is 0 Å². The summed E-state index contributed by atoms with van der Waals surface area (Å²) in [4.78, 5) is 0. The zero-order valence-electron chi connectivity index (χ0n) is 28.3. The fourth-order valence-corrected chi connectivity index (χ4v) is 9.44. The van der Waals surface area contributed by atoms with E-state index in [1.807, 2.05) is 0 Å². The Morgan fingerprint density at radius 3 is 1.31 bits per heavy atom. The largest absolute Gasteiger partial charge is 0.457 e. The molecule has 1 aliphatic carbocycles. The van der Waals surface area contributed by atoms with Crippen LogP contribution in [0.1, 0.15) is 44.5 Å². The Kier molecular flexibility index (Phi) is 6.12. The normalized spacial score (nSPS) is 14.8. The number of rotatable bonds is 3. The van der Waals surface area contributed by atoms with Crippen LogP contribution in [0, 0.1) is 0 Å². The number of benzene rings is 8. The second-order valence-corrected chi connectivity index (χ2v) is 13.9. The van der Waals surface area contributed by atoms with Crippen molar-refractivity contribution < 1.29 is 9.47 Å². The molecule has 0 fully saturated rings. The second kappa shape index (κ2) is 10.9. The molecule has 0 atom stereocenters. The molecule has 0 saturated carbocycles. The molecule has 0 amide bonds. The van der Waals surface area contributed by atoms with E-state index in [1.54, 1.807) is 0 Å². The molecular formula is C50H32O2. The van der Waals surface area contributed by atoms with Gasteiger partial charge in [-0.15, -0.1) is 0 Å². The standard InChI is InChI=1S/C50H32O2/c1-2-16-35(17-3-1)49(41-23-8-11-26-45(41)51-46-27-12-9-24-42(46)49)36-18-14-15-33(31-36)34-29-30-48-44(32-34)50(43-25-10-13-28-47(43)52-48)39-21-6-4-19-37(39)38-20-5-7-22-40(38)50/h1-32H. The van der Waals surface area contributed by atoms with Gasteiger partial charge in [-0.2, -0.15) is 0 Å². The molecule has 0 saturated heterocycles. The molecule has 2 heteroatoms. The highest BCUT2D eigenvalue weighted by molar-refractivity contribution is 5.89. The molecular weight excluding hydrogens is 633 g/mol. The monoisotopic (exact) mass is 664 g/mol. The van der Waals surface area contributed by atoms with Gasteiger partial charge in [0.05, 0.1) is 10.8 Å². The van der Waals surface area contributed by atoms with Crippen LogP contribution in [-0.2, 0) is 10.8 Å². The lowest BCUT2D eigenvalue weighted by Gasteiger charge is -2.41. The summed E-state index contributed by atoms with van der Waals surface area (Å²) in [5, 5.41) is 0. The summed E-state index contributed by atoms with van der Waals surface area (Å²) < 4.78 is 13.3. The molecule has 0 bridgehead atoms. The second-order valence-electron chi connectivity index (χ2n) is 13.9. The Morgan fingerprint density at radius 2 is 0.712 bits per heavy atom. The summed E-state index contributed by atoms with van der Waals surface area (Å²) in [5.41, 5.74) is 13.3. The molecule has 52 heavy (non-hydrogen) atoms. The van der Waals surface area contributed by atoms with Gasteiger partial charge in [0.25, 0.3) is 0 Å². The molecule has 8 aromatic carbocycles. The summed E-state index contributed by atoms with van der Waals surface area (Å²) in [6.45, 7) is 0. The average Bonchev–Trinajstić information content (AvgIpc) is 3.51. The third kappa shape index (κ3) is 3.79. The Balaban J connectivity index is 1.17. The van der Waals surface area contributed by atoms with Gasteiger partial charge in [-0.05, 0) is 80.9 Å². The van der Waals surface area contributed by atoms with Crippen LogP contribution >= 0.6 is 0 Å². The van der Waals surface area contributed by atoms with Crippen LogP contribution < -0.4 is 9.47 Å². The molecule has 2 aliphatic heterocycles.